The number of hydrogen-bond donors (Lipinski definition) is 0. The highest BCUT2D eigenvalue weighted by molar-refractivity contribution is 5.58. The van der Waals surface area contributed by atoms with Gasteiger partial charge in [0.25, 0.3) is 0 Å². The van der Waals surface area contributed by atoms with Crippen molar-refractivity contribution < 1.29 is 4.74 Å². The molecule has 2 aromatic heterocycles. The molecule has 1 saturated heterocycles. The third-order valence-electron chi connectivity index (χ3n) is 2.84. The normalized spacial score (nSPS) is 16.1. The molecule has 17 heavy (non-hydrogen) atoms. The van der Waals surface area contributed by atoms with Gasteiger partial charge in [-0.15, -0.1) is 0 Å². The standard InChI is InChI=1S/C11H11N5O/c12-7-9-8-14-16-10(1-2-13-11(9)16)15-3-5-17-6-4-15/h1-2,8H,3-6H2. The summed E-state index contributed by atoms with van der Waals surface area (Å²) in [7, 11) is 0. The van der Waals surface area contributed by atoms with Crippen molar-refractivity contribution >= 4 is 11.5 Å². The van der Waals surface area contributed by atoms with E-state index in [1.807, 2.05) is 6.07 Å². The zero-order valence-electron chi connectivity index (χ0n) is 9.20. The zero-order chi connectivity index (χ0) is 11.7. The molecule has 6 nitrogen and oxygen atoms in total. The molecular formula is C11H11N5O. The maximum atomic E-state index is 8.95. The Hall–Kier alpha value is -2.13. The summed E-state index contributed by atoms with van der Waals surface area (Å²) in [5, 5.41) is 13.2. The number of morpholine rings is 1. The number of nitrogens with zero attached hydrogens (tertiary/aromatic N) is 5. The van der Waals surface area contributed by atoms with Crippen LogP contribution in [0.15, 0.2) is 18.5 Å². The van der Waals surface area contributed by atoms with Crippen LogP contribution in [0.1, 0.15) is 5.56 Å². The number of rotatable bonds is 1. The van der Waals surface area contributed by atoms with Crippen LogP contribution < -0.4 is 4.90 Å². The van der Waals surface area contributed by atoms with Gasteiger partial charge in [0.1, 0.15) is 17.5 Å². The van der Waals surface area contributed by atoms with Crippen molar-refractivity contribution in [3.05, 3.63) is 24.0 Å². The van der Waals surface area contributed by atoms with Crippen LogP contribution >= 0.6 is 0 Å². The van der Waals surface area contributed by atoms with Crippen LogP contribution in [0.25, 0.3) is 5.65 Å². The maximum absolute atomic E-state index is 8.95. The molecule has 86 valence electrons. The van der Waals surface area contributed by atoms with Gasteiger partial charge in [-0.3, -0.25) is 0 Å². The lowest BCUT2D eigenvalue weighted by Crippen LogP contribution is -2.37. The Morgan fingerprint density at radius 2 is 2.18 bits per heavy atom. The molecule has 3 heterocycles. The lowest BCUT2D eigenvalue weighted by Gasteiger charge is -2.28. The highest BCUT2D eigenvalue weighted by Crippen LogP contribution is 2.17. The number of ether oxygens (including phenoxy) is 1. The van der Waals surface area contributed by atoms with Crippen LogP contribution in [0.2, 0.25) is 0 Å². The zero-order valence-corrected chi connectivity index (χ0v) is 9.20. The number of fused-ring (bicyclic) bond motifs is 1. The van der Waals surface area contributed by atoms with Gasteiger partial charge in [0.2, 0.25) is 0 Å². The van der Waals surface area contributed by atoms with Crippen LogP contribution in [-0.4, -0.2) is 40.9 Å². The van der Waals surface area contributed by atoms with Gasteiger partial charge in [-0.05, 0) is 6.07 Å². The fraction of sp³-hybridized carbons (Fsp3) is 0.364. The van der Waals surface area contributed by atoms with E-state index >= 15 is 0 Å². The molecule has 1 aliphatic rings. The molecule has 0 saturated carbocycles. The molecular weight excluding hydrogens is 218 g/mol. The molecule has 1 aliphatic heterocycles. The van der Waals surface area contributed by atoms with E-state index in [2.05, 4.69) is 21.1 Å². The second kappa shape index (κ2) is 4.03. The van der Waals surface area contributed by atoms with Crippen LogP contribution in [0.4, 0.5) is 5.82 Å². The monoisotopic (exact) mass is 229 g/mol. The summed E-state index contributed by atoms with van der Waals surface area (Å²) in [5.41, 5.74) is 1.11. The van der Waals surface area contributed by atoms with Crippen LogP contribution in [0, 0.1) is 11.3 Å². The van der Waals surface area contributed by atoms with E-state index in [0.29, 0.717) is 11.2 Å². The van der Waals surface area contributed by atoms with Gasteiger partial charge in [0.15, 0.2) is 5.65 Å². The molecule has 6 heteroatoms. The smallest absolute Gasteiger partial charge is 0.175 e. The average Bonchev–Trinajstić information content (AvgIpc) is 2.82. The first-order chi connectivity index (χ1) is 8.40. The molecule has 0 aromatic carbocycles. The second-order valence-electron chi connectivity index (χ2n) is 3.81. The van der Waals surface area contributed by atoms with E-state index in [9.17, 15) is 0 Å². The van der Waals surface area contributed by atoms with Crippen molar-refractivity contribution in [3.63, 3.8) is 0 Å². The van der Waals surface area contributed by atoms with Gasteiger partial charge in [-0.25, -0.2) is 4.98 Å². The van der Waals surface area contributed by atoms with Crippen molar-refractivity contribution in [2.45, 2.75) is 0 Å². The highest BCUT2D eigenvalue weighted by atomic mass is 16.5. The third-order valence-corrected chi connectivity index (χ3v) is 2.84. The van der Waals surface area contributed by atoms with Gasteiger partial charge < -0.3 is 9.64 Å². The average molecular weight is 229 g/mol. The topological polar surface area (TPSA) is 66.5 Å². The van der Waals surface area contributed by atoms with Crippen molar-refractivity contribution in [1.82, 2.24) is 14.6 Å². The summed E-state index contributed by atoms with van der Waals surface area (Å²) in [5.74, 6) is 0.958. The summed E-state index contributed by atoms with van der Waals surface area (Å²) in [6.07, 6.45) is 3.26. The molecule has 0 bridgehead atoms. The summed E-state index contributed by atoms with van der Waals surface area (Å²) in [4.78, 5) is 6.37. The lowest BCUT2D eigenvalue weighted by molar-refractivity contribution is 0.122. The van der Waals surface area contributed by atoms with Crippen LogP contribution in [-0.2, 0) is 4.74 Å². The Bertz CT molecular complexity index is 579. The van der Waals surface area contributed by atoms with E-state index < -0.39 is 0 Å². The fourth-order valence-electron chi connectivity index (χ4n) is 1.99. The van der Waals surface area contributed by atoms with Gasteiger partial charge in [-0.2, -0.15) is 14.9 Å². The SMILES string of the molecule is N#Cc1cnn2c(N3CCOCC3)ccnc12. The Morgan fingerprint density at radius 3 is 2.94 bits per heavy atom. The fourth-order valence-corrected chi connectivity index (χ4v) is 1.99. The van der Waals surface area contributed by atoms with Crippen molar-refractivity contribution in [2.24, 2.45) is 0 Å². The molecule has 0 amide bonds. The largest absolute Gasteiger partial charge is 0.378 e. The molecule has 2 aromatic rings. The van der Waals surface area contributed by atoms with E-state index in [4.69, 9.17) is 10.00 Å². The van der Waals surface area contributed by atoms with Crippen molar-refractivity contribution in [3.8, 4) is 6.07 Å². The molecule has 3 rings (SSSR count). The number of hydrogen-bond acceptors (Lipinski definition) is 5. The van der Waals surface area contributed by atoms with Gasteiger partial charge in [-0.1, -0.05) is 0 Å². The molecule has 0 spiro atoms. The van der Waals surface area contributed by atoms with E-state index in [1.54, 1.807) is 16.9 Å². The van der Waals surface area contributed by atoms with E-state index in [1.165, 1.54) is 0 Å². The summed E-state index contributed by atoms with van der Waals surface area (Å²) >= 11 is 0. The lowest BCUT2D eigenvalue weighted by atomic mass is 10.3. The van der Waals surface area contributed by atoms with E-state index in [0.717, 1.165) is 32.1 Å². The van der Waals surface area contributed by atoms with Crippen LogP contribution in [0.5, 0.6) is 0 Å². The molecule has 0 N–H and O–H groups in total. The van der Waals surface area contributed by atoms with Crippen molar-refractivity contribution in [1.29, 1.82) is 5.26 Å². The highest BCUT2D eigenvalue weighted by Gasteiger charge is 2.16. The summed E-state index contributed by atoms with van der Waals surface area (Å²) in [6, 6.07) is 4.00. The number of aromatic nitrogens is 3. The maximum Gasteiger partial charge on any atom is 0.175 e. The second-order valence-corrected chi connectivity index (χ2v) is 3.81. The predicted molar refractivity (Wildman–Crippen MR) is 60.7 cm³/mol. The minimum absolute atomic E-state index is 0.500. The predicted octanol–water partition coefficient (Wildman–Crippen LogP) is 0.438. The first-order valence-corrected chi connectivity index (χ1v) is 5.45. The van der Waals surface area contributed by atoms with Crippen LogP contribution in [0.3, 0.4) is 0 Å². The Kier molecular flexibility index (Phi) is 2.38. The number of anilines is 1. The molecule has 0 unspecified atom stereocenters. The quantitative estimate of drug-likeness (QED) is 0.709. The van der Waals surface area contributed by atoms with E-state index in [-0.39, 0.29) is 0 Å². The summed E-state index contributed by atoms with van der Waals surface area (Å²) in [6.45, 7) is 3.11. The minimum atomic E-state index is 0.500. The number of nitriles is 1. The first-order valence-electron chi connectivity index (χ1n) is 5.45. The van der Waals surface area contributed by atoms with Gasteiger partial charge in [0.05, 0.1) is 19.4 Å². The Morgan fingerprint density at radius 1 is 1.35 bits per heavy atom. The van der Waals surface area contributed by atoms with Crippen molar-refractivity contribution in [2.75, 3.05) is 31.2 Å². The molecule has 0 aliphatic carbocycles. The third kappa shape index (κ3) is 1.61. The Balaban J connectivity index is 2.10. The Labute approximate surface area is 98.0 Å². The molecule has 0 radical (unpaired) electrons. The summed E-state index contributed by atoms with van der Waals surface area (Å²) < 4.78 is 7.03. The molecule has 0 atom stereocenters. The molecule has 1 fully saturated rings. The minimum Gasteiger partial charge on any atom is -0.378 e. The first kappa shape index (κ1) is 10.1. The van der Waals surface area contributed by atoms with Gasteiger partial charge in [0, 0.05) is 19.3 Å². The van der Waals surface area contributed by atoms with Gasteiger partial charge >= 0.3 is 0 Å².